The summed E-state index contributed by atoms with van der Waals surface area (Å²) in [5.41, 5.74) is 0.699. The highest BCUT2D eigenvalue weighted by molar-refractivity contribution is 6.09. The Morgan fingerprint density at radius 3 is 2.54 bits per heavy atom. The van der Waals surface area contributed by atoms with Gasteiger partial charge in [-0.2, -0.15) is 0 Å². The van der Waals surface area contributed by atoms with Crippen LogP contribution in [-0.4, -0.2) is 41.2 Å². The van der Waals surface area contributed by atoms with Gasteiger partial charge in [0.1, 0.15) is 17.8 Å². The molecular formula is C21H25N3O4. The van der Waals surface area contributed by atoms with Gasteiger partial charge in [-0.25, -0.2) is 4.79 Å². The monoisotopic (exact) mass is 383 g/mol. The number of amides is 4. The number of furan rings is 1. The minimum absolute atomic E-state index is 0.269. The first-order valence-electron chi connectivity index (χ1n) is 9.35. The van der Waals surface area contributed by atoms with Crippen molar-refractivity contribution in [3.05, 3.63) is 59.5 Å². The minimum atomic E-state index is -1.18. The van der Waals surface area contributed by atoms with E-state index >= 15 is 0 Å². The van der Waals surface area contributed by atoms with Gasteiger partial charge in [-0.3, -0.25) is 14.5 Å². The number of hydrogen-bond donors (Lipinski definition) is 1. The van der Waals surface area contributed by atoms with Gasteiger partial charge in [0, 0.05) is 7.05 Å². The highest BCUT2D eigenvalue weighted by atomic mass is 16.3. The second-order valence-electron chi connectivity index (χ2n) is 7.22. The van der Waals surface area contributed by atoms with E-state index in [1.165, 1.54) is 16.7 Å². The van der Waals surface area contributed by atoms with E-state index < -0.39 is 17.5 Å². The first kappa shape index (κ1) is 19.7. The number of nitrogens with zero attached hydrogens (tertiary/aromatic N) is 2. The fraction of sp³-hybridized carbons (Fsp3) is 0.381. The van der Waals surface area contributed by atoms with Gasteiger partial charge in [-0.05, 0) is 36.6 Å². The molecule has 7 nitrogen and oxygen atoms in total. The Bertz CT molecular complexity index is 860. The van der Waals surface area contributed by atoms with Crippen molar-refractivity contribution in [2.75, 3.05) is 13.6 Å². The van der Waals surface area contributed by atoms with Gasteiger partial charge in [-0.15, -0.1) is 0 Å². The topological polar surface area (TPSA) is 82.9 Å². The molecule has 1 aliphatic heterocycles. The maximum Gasteiger partial charge on any atom is 0.325 e. The summed E-state index contributed by atoms with van der Waals surface area (Å²) >= 11 is 0. The van der Waals surface area contributed by atoms with Crippen LogP contribution in [0.3, 0.4) is 0 Å². The fourth-order valence-corrected chi connectivity index (χ4v) is 3.31. The Labute approximate surface area is 164 Å². The summed E-state index contributed by atoms with van der Waals surface area (Å²) in [5.74, 6) is -0.145. The summed E-state index contributed by atoms with van der Waals surface area (Å²) in [4.78, 5) is 40.3. The summed E-state index contributed by atoms with van der Waals surface area (Å²) in [6.07, 6.45) is 3.52. The molecule has 0 radical (unpaired) electrons. The first-order valence-corrected chi connectivity index (χ1v) is 9.35. The Morgan fingerprint density at radius 2 is 1.93 bits per heavy atom. The van der Waals surface area contributed by atoms with Gasteiger partial charge < -0.3 is 14.6 Å². The summed E-state index contributed by atoms with van der Waals surface area (Å²) in [6.45, 7) is 3.73. The van der Waals surface area contributed by atoms with E-state index in [0.717, 1.165) is 17.7 Å². The summed E-state index contributed by atoms with van der Waals surface area (Å²) in [5, 5.41) is 2.74. The molecule has 1 aliphatic rings. The van der Waals surface area contributed by atoms with Crippen molar-refractivity contribution in [2.45, 2.75) is 38.8 Å². The molecule has 148 valence electrons. The normalized spacial score (nSPS) is 19.0. The van der Waals surface area contributed by atoms with E-state index in [0.29, 0.717) is 11.3 Å². The lowest BCUT2D eigenvalue weighted by atomic mass is 9.91. The fourth-order valence-electron chi connectivity index (χ4n) is 3.31. The van der Waals surface area contributed by atoms with Gasteiger partial charge in [-0.1, -0.05) is 37.6 Å². The van der Waals surface area contributed by atoms with Crippen molar-refractivity contribution in [1.82, 2.24) is 15.1 Å². The van der Waals surface area contributed by atoms with Crippen LogP contribution in [0.15, 0.2) is 47.1 Å². The molecule has 1 atom stereocenters. The molecule has 1 aromatic heterocycles. The molecule has 1 fully saturated rings. The van der Waals surface area contributed by atoms with Crippen LogP contribution in [0.4, 0.5) is 4.79 Å². The molecule has 0 aliphatic carbocycles. The van der Waals surface area contributed by atoms with Gasteiger partial charge in [0.2, 0.25) is 5.91 Å². The second kappa shape index (κ2) is 7.88. The molecule has 1 saturated heterocycles. The van der Waals surface area contributed by atoms with Crippen molar-refractivity contribution in [2.24, 2.45) is 0 Å². The predicted octanol–water partition coefficient (Wildman–Crippen LogP) is 2.66. The number of imide groups is 1. The van der Waals surface area contributed by atoms with Crippen LogP contribution < -0.4 is 5.32 Å². The van der Waals surface area contributed by atoms with Crippen molar-refractivity contribution in [3.8, 4) is 0 Å². The zero-order chi connectivity index (χ0) is 20.3. The molecule has 4 amide bonds. The SMILES string of the molecule is CCCc1ccc(C2(C)NC(=O)N(CC(=O)N(C)Cc3ccco3)C2=O)cc1. The molecule has 2 heterocycles. The highest BCUT2D eigenvalue weighted by Gasteiger charge is 2.49. The molecule has 2 aromatic rings. The Balaban J connectivity index is 1.70. The van der Waals surface area contributed by atoms with Gasteiger partial charge in [0.15, 0.2) is 0 Å². The maximum absolute atomic E-state index is 13.0. The zero-order valence-electron chi connectivity index (χ0n) is 16.4. The molecule has 1 unspecified atom stereocenters. The molecule has 28 heavy (non-hydrogen) atoms. The first-order chi connectivity index (χ1) is 13.3. The lowest BCUT2D eigenvalue weighted by Gasteiger charge is -2.23. The Morgan fingerprint density at radius 1 is 1.21 bits per heavy atom. The number of benzene rings is 1. The molecule has 0 saturated carbocycles. The number of nitrogens with one attached hydrogen (secondary N) is 1. The number of likely N-dealkylation sites (N-methyl/N-ethyl adjacent to an activating group) is 1. The highest BCUT2D eigenvalue weighted by Crippen LogP contribution is 2.29. The largest absolute Gasteiger partial charge is 0.467 e. The van der Waals surface area contributed by atoms with Crippen LogP contribution in [-0.2, 0) is 28.1 Å². The van der Waals surface area contributed by atoms with E-state index in [9.17, 15) is 14.4 Å². The van der Waals surface area contributed by atoms with Crippen molar-refractivity contribution < 1.29 is 18.8 Å². The third kappa shape index (κ3) is 3.78. The van der Waals surface area contributed by atoms with E-state index in [1.54, 1.807) is 26.1 Å². The predicted molar refractivity (Wildman–Crippen MR) is 103 cm³/mol. The number of rotatable bonds is 7. The van der Waals surface area contributed by atoms with Crippen LogP contribution in [0.1, 0.15) is 37.2 Å². The van der Waals surface area contributed by atoms with Crippen molar-refractivity contribution >= 4 is 17.8 Å². The molecule has 0 spiro atoms. The smallest absolute Gasteiger partial charge is 0.325 e. The summed E-state index contributed by atoms with van der Waals surface area (Å²) < 4.78 is 5.23. The average molecular weight is 383 g/mol. The van der Waals surface area contributed by atoms with E-state index in [1.807, 2.05) is 24.3 Å². The molecule has 1 N–H and O–H groups in total. The van der Waals surface area contributed by atoms with Crippen molar-refractivity contribution in [1.29, 1.82) is 0 Å². The third-order valence-corrected chi connectivity index (χ3v) is 5.04. The number of hydrogen-bond acceptors (Lipinski definition) is 4. The van der Waals surface area contributed by atoms with Crippen LogP contribution in [0, 0.1) is 0 Å². The van der Waals surface area contributed by atoms with Crippen molar-refractivity contribution in [3.63, 3.8) is 0 Å². The Hall–Kier alpha value is -3.09. The standard InChI is InChI=1S/C21H25N3O4/c1-4-6-15-8-10-16(11-9-15)21(2)19(26)24(20(27)22-21)14-18(25)23(3)13-17-7-5-12-28-17/h5,7-12H,4,6,13-14H2,1-3H3,(H,22,27). The van der Waals surface area contributed by atoms with E-state index in [-0.39, 0.29) is 19.0 Å². The van der Waals surface area contributed by atoms with Gasteiger partial charge >= 0.3 is 6.03 Å². The number of urea groups is 1. The van der Waals surface area contributed by atoms with Crippen LogP contribution in [0.5, 0.6) is 0 Å². The second-order valence-corrected chi connectivity index (χ2v) is 7.22. The minimum Gasteiger partial charge on any atom is -0.467 e. The zero-order valence-corrected chi connectivity index (χ0v) is 16.4. The molecule has 0 bridgehead atoms. The number of carbonyl (C=O) groups excluding carboxylic acids is 3. The van der Waals surface area contributed by atoms with Crippen LogP contribution in [0.2, 0.25) is 0 Å². The maximum atomic E-state index is 13.0. The molecule has 1 aromatic carbocycles. The van der Waals surface area contributed by atoms with Crippen LogP contribution in [0.25, 0.3) is 0 Å². The number of aryl methyl sites for hydroxylation is 1. The summed E-state index contributed by atoms with van der Waals surface area (Å²) in [6, 6.07) is 10.6. The lowest BCUT2D eigenvalue weighted by Crippen LogP contribution is -2.43. The summed E-state index contributed by atoms with van der Waals surface area (Å²) in [7, 11) is 1.61. The van der Waals surface area contributed by atoms with E-state index in [2.05, 4.69) is 12.2 Å². The van der Waals surface area contributed by atoms with Crippen LogP contribution >= 0.6 is 0 Å². The quantitative estimate of drug-likeness (QED) is 0.745. The third-order valence-electron chi connectivity index (χ3n) is 5.04. The molecular weight excluding hydrogens is 358 g/mol. The molecule has 3 rings (SSSR count). The van der Waals surface area contributed by atoms with E-state index in [4.69, 9.17) is 4.42 Å². The van der Waals surface area contributed by atoms with Gasteiger partial charge in [0.25, 0.3) is 5.91 Å². The lowest BCUT2D eigenvalue weighted by molar-refractivity contribution is -0.138. The molecule has 7 heteroatoms. The number of carbonyl (C=O) groups is 3. The average Bonchev–Trinajstić information content (AvgIpc) is 3.25. The van der Waals surface area contributed by atoms with Gasteiger partial charge in [0.05, 0.1) is 12.8 Å². The Kier molecular flexibility index (Phi) is 5.53.